The van der Waals surface area contributed by atoms with Gasteiger partial charge >= 0.3 is 11.9 Å². The molecule has 2 amide bonds. The molecule has 5 rings (SSSR count). The first-order valence-corrected chi connectivity index (χ1v) is 14.7. The fourth-order valence-corrected chi connectivity index (χ4v) is 6.55. The molecule has 3 aromatic heterocycles. The fraction of sp³-hybridized carbons (Fsp3) is 0.308. The van der Waals surface area contributed by atoms with Gasteiger partial charge in [-0.05, 0) is 26.0 Å². The van der Waals surface area contributed by atoms with Crippen LogP contribution in [0.5, 0.6) is 0 Å². The molecule has 0 aromatic carbocycles. The monoisotopic (exact) mass is 627 g/mol. The Bertz CT molecular complexity index is 1800. The second kappa shape index (κ2) is 11.8. The van der Waals surface area contributed by atoms with Crippen LogP contribution in [0.1, 0.15) is 28.7 Å². The number of carboxylic acid groups (broad SMARTS) is 1. The zero-order valence-electron chi connectivity index (χ0n) is 23.0. The number of nitrogen functional groups attached to an aromatic ring is 1. The first kappa shape index (κ1) is 29.7. The molecule has 1 fully saturated rings. The van der Waals surface area contributed by atoms with Gasteiger partial charge in [0, 0.05) is 35.1 Å². The van der Waals surface area contributed by atoms with Crippen LogP contribution in [-0.4, -0.2) is 84.9 Å². The Morgan fingerprint density at radius 2 is 2.02 bits per heavy atom. The number of ether oxygens (including phenoxy) is 1. The van der Waals surface area contributed by atoms with Gasteiger partial charge in [0.1, 0.15) is 47.7 Å². The third-order valence-electron chi connectivity index (χ3n) is 6.70. The largest absolute Gasteiger partial charge is 0.477 e. The summed E-state index contributed by atoms with van der Waals surface area (Å²) < 4.78 is 7.04. The number of nitrogens with two attached hydrogens (primary N) is 1. The van der Waals surface area contributed by atoms with Crippen molar-refractivity contribution >= 4 is 68.7 Å². The van der Waals surface area contributed by atoms with E-state index in [4.69, 9.17) is 15.3 Å². The van der Waals surface area contributed by atoms with Crippen LogP contribution in [0.4, 0.5) is 5.13 Å². The number of oxime groups is 1. The number of aromatic nitrogens is 3. The second-order valence-electron chi connectivity index (χ2n) is 9.37. The predicted octanol–water partition coefficient (Wildman–Crippen LogP) is 0.710. The fourth-order valence-electron chi connectivity index (χ4n) is 4.67. The van der Waals surface area contributed by atoms with Crippen LogP contribution in [0.15, 0.2) is 44.9 Å². The number of esters is 1. The van der Waals surface area contributed by atoms with Crippen molar-refractivity contribution in [3.8, 4) is 0 Å². The average molecular weight is 628 g/mol. The predicted molar refractivity (Wildman–Crippen MR) is 156 cm³/mol. The number of thiazole rings is 1. The number of nitrogens with one attached hydrogen (secondary N) is 1. The molecule has 0 bridgehead atoms. The van der Waals surface area contributed by atoms with Crippen LogP contribution in [0, 0.1) is 6.92 Å². The summed E-state index contributed by atoms with van der Waals surface area (Å²) >= 11 is 2.27. The van der Waals surface area contributed by atoms with E-state index in [9.17, 15) is 29.1 Å². The SMILES string of the molecule is CCn1cc(C(=O)OCC2=C(C(=O)O)N3C(=O)[C@@H](NC(=O)/C(=N/OC)c4csc(N)n4)[C@H]3SC2)c(=O)c2ccc(C)nc21. The lowest BCUT2D eigenvalue weighted by Gasteiger charge is -2.49. The van der Waals surface area contributed by atoms with Crippen molar-refractivity contribution < 1.29 is 33.9 Å². The maximum atomic E-state index is 13.1. The zero-order valence-corrected chi connectivity index (χ0v) is 24.7. The normalized spacial score (nSPS) is 18.3. The molecule has 2 aliphatic rings. The third kappa shape index (κ3) is 5.43. The van der Waals surface area contributed by atoms with Crippen LogP contribution in [0.25, 0.3) is 11.0 Å². The lowest BCUT2D eigenvalue weighted by Crippen LogP contribution is -2.71. The van der Waals surface area contributed by atoms with Gasteiger partial charge in [0.05, 0.1) is 5.39 Å². The van der Waals surface area contributed by atoms with Gasteiger partial charge in [0.25, 0.3) is 11.8 Å². The Morgan fingerprint density at radius 1 is 1.26 bits per heavy atom. The number of carbonyl (C=O) groups excluding carboxylic acids is 3. The van der Waals surface area contributed by atoms with E-state index < -0.39 is 47.2 Å². The first-order chi connectivity index (χ1) is 20.5. The molecule has 17 heteroatoms. The molecule has 5 heterocycles. The van der Waals surface area contributed by atoms with E-state index in [1.807, 2.05) is 6.92 Å². The smallest absolute Gasteiger partial charge is 0.352 e. The maximum absolute atomic E-state index is 13.1. The Balaban J connectivity index is 1.33. The van der Waals surface area contributed by atoms with Crippen molar-refractivity contribution in [3.05, 3.63) is 62.2 Å². The number of amides is 2. The molecule has 43 heavy (non-hydrogen) atoms. The van der Waals surface area contributed by atoms with Gasteiger partial charge in [0.15, 0.2) is 10.8 Å². The Kier molecular flexibility index (Phi) is 8.19. The standard InChI is InChI=1S/C26H25N7O8S2/c1-4-32-7-14(19(34)13-6-5-11(2)28-20(13)32)25(39)41-8-12-9-42-23-17(22(36)33(23)18(12)24(37)38)30-21(35)16(31-40-3)15-10-43-26(27)29-15/h5-7,10,17,23H,4,8-9H2,1-3H3,(H2,27,29)(H,30,35)(H,37,38)/b31-16+/t17-,23-/m1/s1. The number of pyridine rings is 2. The maximum Gasteiger partial charge on any atom is 0.352 e. The van der Waals surface area contributed by atoms with Gasteiger partial charge in [-0.15, -0.1) is 23.1 Å². The topological polar surface area (TPSA) is 208 Å². The van der Waals surface area contributed by atoms with Gasteiger partial charge in [-0.3, -0.25) is 19.3 Å². The highest BCUT2D eigenvalue weighted by molar-refractivity contribution is 8.00. The average Bonchev–Trinajstić information content (AvgIpc) is 3.42. The van der Waals surface area contributed by atoms with E-state index in [1.165, 1.54) is 30.4 Å². The van der Waals surface area contributed by atoms with E-state index >= 15 is 0 Å². The summed E-state index contributed by atoms with van der Waals surface area (Å²) in [5.41, 5.74) is 5.76. The number of carboxylic acids is 1. The highest BCUT2D eigenvalue weighted by Crippen LogP contribution is 2.40. The number of β-lactam (4-membered cyclic amide) rings is 1. The highest BCUT2D eigenvalue weighted by Gasteiger charge is 2.54. The summed E-state index contributed by atoms with van der Waals surface area (Å²) in [5, 5.41) is 17.4. The number of nitrogens with zero attached hydrogens (tertiary/aromatic N) is 5. The van der Waals surface area contributed by atoms with Gasteiger partial charge in [-0.25, -0.2) is 19.6 Å². The molecule has 0 radical (unpaired) electrons. The van der Waals surface area contributed by atoms with Crippen molar-refractivity contribution in [3.63, 3.8) is 0 Å². The van der Waals surface area contributed by atoms with Crippen molar-refractivity contribution in [2.24, 2.45) is 5.16 Å². The Morgan fingerprint density at radius 3 is 2.67 bits per heavy atom. The van der Waals surface area contributed by atoms with Crippen LogP contribution in [-0.2, 0) is 30.5 Å². The minimum absolute atomic E-state index is 0.0808. The van der Waals surface area contributed by atoms with Crippen molar-refractivity contribution in [1.29, 1.82) is 0 Å². The minimum Gasteiger partial charge on any atom is -0.477 e. The molecule has 2 atom stereocenters. The molecule has 15 nitrogen and oxygen atoms in total. The van der Waals surface area contributed by atoms with Crippen LogP contribution in [0.3, 0.4) is 0 Å². The van der Waals surface area contributed by atoms with Gasteiger partial charge < -0.3 is 30.3 Å². The first-order valence-electron chi connectivity index (χ1n) is 12.8. The van der Waals surface area contributed by atoms with Crippen LogP contribution in [0.2, 0.25) is 0 Å². The number of aryl methyl sites for hydroxylation is 2. The van der Waals surface area contributed by atoms with E-state index in [0.717, 1.165) is 16.2 Å². The summed E-state index contributed by atoms with van der Waals surface area (Å²) in [6, 6.07) is 2.20. The van der Waals surface area contributed by atoms with E-state index in [1.54, 1.807) is 23.6 Å². The zero-order chi connectivity index (χ0) is 31.0. The van der Waals surface area contributed by atoms with Gasteiger partial charge in [-0.1, -0.05) is 5.16 Å². The van der Waals surface area contributed by atoms with Crippen molar-refractivity contribution in [2.75, 3.05) is 25.2 Å². The van der Waals surface area contributed by atoms with E-state index in [-0.39, 0.29) is 44.5 Å². The number of rotatable bonds is 9. The Labute approximate surface area is 251 Å². The highest BCUT2D eigenvalue weighted by atomic mass is 32.2. The second-order valence-corrected chi connectivity index (χ2v) is 11.4. The third-order valence-corrected chi connectivity index (χ3v) is 8.71. The molecule has 224 valence electrons. The van der Waals surface area contributed by atoms with Crippen molar-refractivity contribution in [1.82, 2.24) is 24.8 Å². The molecule has 4 N–H and O–H groups in total. The van der Waals surface area contributed by atoms with E-state index in [0.29, 0.717) is 17.9 Å². The molecule has 2 aliphatic heterocycles. The summed E-state index contributed by atoms with van der Waals surface area (Å²) in [6.45, 7) is 3.60. The summed E-state index contributed by atoms with van der Waals surface area (Å²) in [6.07, 6.45) is 1.37. The number of hydrogen-bond donors (Lipinski definition) is 3. The molecule has 0 aliphatic carbocycles. The summed E-state index contributed by atoms with van der Waals surface area (Å²) in [4.78, 5) is 78.5. The minimum atomic E-state index is -1.41. The number of aliphatic carboxylic acids is 1. The molecular weight excluding hydrogens is 602 g/mol. The summed E-state index contributed by atoms with van der Waals surface area (Å²) in [7, 11) is 1.24. The molecular formula is C26H25N7O8S2. The summed E-state index contributed by atoms with van der Waals surface area (Å²) in [5.74, 6) is -3.70. The van der Waals surface area contributed by atoms with Crippen LogP contribution >= 0.6 is 23.1 Å². The van der Waals surface area contributed by atoms with Crippen LogP contribution < -0.4 is 16.5 Å². The van der Waals surface area contributed by atoms with E-state index in [2.05, 4.69) is 20.4 Å². The molecule has 0 unspecified atom stereocenters. The molecule has 1 saturated heterocycles. The molecule has 0 spiro atoms. The lowest BCUT2D eigenvalue weighted by molar-refractivity contribution is -0.150. The number of anilines is 1. The molecule has 3 aromatic rings. The lowest BCUT2D eigenvalue weighted by atomic mass is 10.0. The number of hydrogen-bond acceptors (Lipinski definition) is 13. The van der Waals surface area contributed by atoms with Gasteiger partial charge in [0.2, 0.25) is 5.43 Å². The number of carbonyl (C=O) groups is 4. The Hall–Kier alpha value is -4.77. The quantitative estimate of drug-likeness (QED) is 0.130. The molecule has 0 saturated carbocycles. The van der Waals surface area contributed by atoms with Gasteiger partial charge in [-0.2, -0.15) is 0 Å². The van der Waals surface area contributed by atoms with Crippen molar-refractivity contribution in [2.45, 2.75) is 31.8 Å². The number of thioether (sulfide) groups is 1. The number of fused-ring (bicyclic) bond motifs is 2.